The summed E-state index contributed by atoms with van der Waals surface area (Å²) in [5.41, 5.74) is 7.42. The van der Waals surface area contributed by atoms with Crippen molar-refractivity contribution in [3.63, 3.8) is 0 Å². The third kappa shape index (κ3) is 3.92. The highest BCUT2D eigenvalue weighted by atomic mass is 16.1. The molecule has 1 aliphatic rings. The zero-order valence-electron chi connectivity index (χ0n) is 19.3. The van der Waals surface area contributed by atoms with E-state index in [-0.39, 0.29) is 11.9 Å². The molecule has 2 N–H and O–H groups in total. The Morgan fingerprint density at radius 1 is 1.21 bits per heavy atom. The second-order valence-corrected chi connectivity index (χ2v) is 8.94. The summed E-state index contributed by atoms with van der Waals surface area (Å²) in [4.78, 5) is 22.8. The topological polar surface area (TPSA) is 101 Å². The first kappa shape index (κ1) is 21.1. The fourth-order valence-corrected chi connectivity index (χ4v) is 4.25. The van der Waals surface area contributed by atoms with Crippen LogP contribution in [0.4, 0.5) is 0 Å². The highest BCUT2D eigenvalue weighted by Crippen LogP contribution is 2.28. The number of aromatic amines is 1. The Morgan fingerprint density at radius 2 is 2.06 bits per heavy atom. The van der Waals surface area contributed by atoms with Crippen molar-refractivity contribution in [2.45, 2.75) is 40.2 Å². The van der Waals surface area contributed by atoms with Gasteiger partial charge in [0.25, 0.3) is 5.91 Å². The van der Waals surface area contributed by atoms with Crippen molar-refractivity contribution in [1.29, 1.82) is 0 Å². The number of hydrogen-bond donors (Lipinski definition) is 2. The lowest BCUT2D eigenvalue weighted by molar-refractivity contribution is 0.0958. The highest BCUT2D eigenvalue weighted by Gasteiger charge is 2.19. The summed E-state index contributed by atoms with van der Waals surface area (Å²) in [6.07, 6.45) is 4.39. The number of amides is 1. The van der Waals surface area contributed by atoms with Crippen LogP contribution >= 0.6 is 0 Å². The number of aliphatic imine (C=N–C) groups is 1. The summed E-state index contributed by atoms with van der Waals surface area (Å²) in [5, 5.41) is 16.5. The summed E-state index contributed by atoms with van der Waals surface area (Å²) in [6.45, 7) is 9.39. The molecular weight excluding hydrogens is 414 g/mol. The molecule has 8 heteroatoms. The van der Waals surface area contributed by atoms with E-state index in [1.165, 1.54) is 11.1 Å². The zero-order valence-corrected chi connectivity index (χ0v) is 19.3. The second kappa shape index (κ2) is 8.27. The number of rotatable bonds is 5. The van der Waals surface area contributed by atoms with E-state index in [2.05, 4.69) is 46.4 Å². The van der Waals surface area contributed by atoms with Gasteiger partial charge < -0.3 is 5.32 Å². The maximum Gasteiger partial charge on any atom is 0.252 e. The number of carbonyl (C=O) groups is 1. The van der Waals surface area contributed by atoms with Crippen molar-refractivity contribution in [3.8, 4) is 11.3 Å². The van der Waals surface area contributed by atoms with Crippen LogP contribution in [0.2, 0.25) is 0 Å². The molecule has 0 saturated heterocycles. The quantitative estimate of drug-likeness (QED) is 0.446. The molecule has 0 atom stereocenters. The predicted molar refractivity (Wildman–Crippen MR) is 131 cm³/mol. The number of carbonyl (C=O) groups excluding carboxylic acids is 1. The van der Waals surface area contributed by atoms with E-state index in [1.54, 1.807) is 12.4 Å². The van der Waals surface area contributed by atoms with Crippen molar-refractivity contribution >= 4 is 33.6 Å². The molecule has 0 unspecified atom stereocenters. The molecule has 33 heavy (non-hydrogen) atoms. The molecular formula is C25H27N7O. The fourth-order valence-electron chi connectivity index (χ4n) is 4.25. The summed E-state index contributed by atoms with van der Waals surface area (Å²) in [6, 6.07) is 7.98. The first-order valence-corrected chi connectivity index (χ1v) is 11.2. The van der Waals surface area contributed by atoms with E-state index >= 15 is 0 Å². The van der Waals surface area contributed by atoms with E-state index in [4.69, 9.17) is 4.98 Å². The SMILES string of the molecule is CC1=NCC(CNC(=O)c2cc(-c3ccc4cn[nH]c4c3)nc3c2cnn3C(C)C)=C(C)C1. The fraction of sp³-hybridized carbons (Fsp3) is 0.320. The number of nitrogens with zero attached hydrogens (tertiary/aromatic N) is 5. The monoisotopic (exact) mass is 441 g/mol. The molecule has 5 rings (SSSR count). The largest absolute Gasteiger partial charge is 0.348 e. The van der Waals surface area contributed by atoms with E-state index in [0.29, 0.717) is 24.3 Å². The Balaban J connectivity index is 1.54. The summed E-state index contributed by atoms with van der Waals surface area (Å²) < 4.78 is 1.86. The molecule has 168 valence electrons. The van der Waals surface area contributed by atoms with E-state index in [9.17, 15) is 4.79 Å². The van der Waals surface area contributed by atoms with Gasteiger partial charge in [-0.25, -0.2) is 9.67 Å². The van der Waals surface area contributed by atoms with Gasteiger partial charge in [0, 0.05) is 35.7 Å². The summed E-state index contributed by atoms with van der Waals surface area (Å²) in [5.74, 6) is -0.138. The molecule has 3 aromatic heterocycles. The normalized spacial score (nSPS) is 14.4. The Kier molecular flexibility index (Phi) is 5.28. The number of aromatic nitrogens is 5. The number of nitrogens with one attached hydrogen (secondary N) is 2. The number of fused-ring (bicyclic) bond motifs is 2. The van der Waals surface area contributed by atoms with E-state index < -0.39 is 0 Å². The van der Waals surface area contributed by atoms with Gasteiger partial charge in [0.05, 0.1) is 41.1 Å². The van der Waals surface area contributed by atoms with Crippen LogP contribution in [0, 0.1) is 0 Å². The van der Waals surface area contributed by atoms with Crippen LogP contribution in [0.5, 0.6) is 0 Å². The Labute approximate surface area is 191 Å². The van der Waals surface area contributed by atoms with E-state index in [0.717, 1.165) is 39.7 Å². The maximum atomic E-state index is 13.4. The average molecular weight is 442 g/mol. The van der Waals surface area contributed by atoms with Gasteiger partial charge in [0.15, 0.2) is 5.65 Å². The molecule has 1 aromatic carbocycles. The number of allylic oxidation sites excluding steroid dienone is 1. The van der Waals surface area contributed by atoms with Gasteiger partial charge in [-0.1, -0.05) is 17.7 Å². The standard InChI is InChI=1S/C25H27N7O/c1-14(2)32-24-21(13-29-32)20(25(33)27-11-19-10-26-16(4)7-15(19)3)9-22(30-24)17-5-6-18-12-28-31-23(18)8-17/h5-6,8-9,12-14H,7,10-11H2,1-4H3,(H,27,33)(H,28,31). The van der Waals surface area contributed by atoms with Gasteiger partial charge in [0.2, 0.25) is 0 Å². The summed E-state index contributed by atoms with van der Waals surface area (Å²) >= 11 is 0. The molecule has 0 aliphatic carbocycles. The molecule has 0 saturated carbocycles. The number of pyridine rings is 1. The lowest BCUT2D eigenvalue weighted by atomic mass is 10.0. The number of H-pyrrole nitrogens is 1. The van der Waals surface area contributed by atoms with Crippen LogP contribution in [0.15, 0.2) is 52.8 Å². The Morgan fingerprint density at radius 3 is 2.85 bits per heavy atom. The highest BCUT2D eigenvalue weighted by molar-refractivity contribution is 6.06. The molecule has 0 fully saturated rings. The molecule has 0 spiro atoms. The number of dihydropyridines is 1. The maximum absolute atomic E-state index is 13.4. The van der Waals surface area contributed by atoms with Crippen molar-refractivity contribution in [2.24, 2.45) is 4.99 Å². The van der Waals surface area contributed by atoms with Crippen molar-refractivity contribution < 1.29 is 4.79 Å². The molecule has 0 bridgehead atoms. The lowest BCUT2D eigenvalue weighted by Gasteiger charge is -2.17. The molecule has 8 nitrogen and oxygen atoms in total. The van der Waals surface area contributed by atoms with Gasteiger partial charge in [-0.3, -0.25) is 14.9 Å². The molecule has 1 amide bonds. The van der Waals surface area contributed by atoms with Gasteiger partial charge in [-0.15, -0.1) is 0 Å². The Bertz CT molecular complexity index is 1440. The molecule has 4 aromatic rings. The van der Waals surface area contributed by atoms with Crippen molar-refractivity contribution in [2.75, 3.05) is 13.1 Å². The zero-order chi connectivity index (χ0) is 23.1. The summed E-state index contributed by atoms with van der Waals surface area (Å²) in [7, 11) is 0. The van der Waals surface area contributed by atoms with Crippen LogP contribution in [0.25, 0.3) is 33.2 Å². The minimum atomic E-state index is -0.138. The number of benzene rings is 1. The first-order valence-electron chi connectivity index (χ1n) is 11.2. The smallest absolute Gasteiger partial charge is 0.252 e. The van der Waals surface area contributed by atoms with Gasteiger partial charge in [-0.2, -0.15) is 10.2 Å². The lowest BCUT2D eigenvalue weighted by Crippen LogP contribution is -2.28. The van der Waals surface area contributed by atoms with Crippen LogP contribution in [0.3, 0.4) is 0 Å². The van der Waals surface area contributed by atoms with Crippen LogP contribution < -0.4 is 5.32 Å². The minimum absolute atomic E-state index is 0.118. The molecule has 0 radical (unpaired) electrons. The second-order valence-electron chi connectivity index (χ2n) is 8.94. The molecule has 4 heterocycles. The van der Waals surface area contributed by atoms with Crippen molar-refractivity contribution in [1.82, 2.24) is 30.3 Å². The minimum Gasteiger partial charge on any atom is -0.348 e. The first-order chi connectivity index (χ1) is 15.9. The third-order valence-corrected chi connectivity index (χ3v) is 6.16. The average Bonchev–Trinajstić information content (AvgIpc) is 3.44. The third-order valence-electron chi connectivity index (χ3n) is 6.16. The molecule has 1 aliphatic heterocycles. The van der Waals surface area contributed by atoms with Gasteiger partial charge >= 0.3 is 0 Å². The van der Waals surface area contributed by atoms with Gasteiger partial charge in [-0.05, 0) is 45.4 Å². The Hall–Kier alpha value is -3.81. The van der Waals surface area contributed by atoms with Crippen molar-refractivity contribution in [3.05, 3.63) is 53.4 Å². The van der Waals surface area contributed by atoms with Crippen LogP contribution in [-0.2, 0) is 0 Å². The number of hydrogen-bond acceptors (Lipinski definition) is 5. The van der Waals surface area contributed by atoms with E-state index in [1.807, 2.05) is 35.9 Å². The van der Waals surface area contributed by atoms with Crippen LogP contribution in [0.1, 0.15) is 50.5 Å². The van der Waals surface area contributed by atoms with Gasteiger partial charge in [0.1, 0.15) is 0 Å². The predicted octanol–water partition coefficient (Wildman–Crippen LogP) is 4.47. The van der Waals surface area contributed by atoms with Crippen LogP contribution in [-0.4, -0.2) is 49.7 Å².